The average Bonchev–Trinajstić information content (AvgIpc) is 2.24. The van der Waals surface area contributed by atoms with E-state index in [4.69, 9.17) is 17.3 Å². The van der Waals surface area contributed by atoms with Crippen LogP contribution in [0.2, 0.25) is 5.02 Å². The number of carbonyl (C=O) groups is 1. The van der Waals surface area contributed by atoms with Crippen molar-refractivity contribution in [3.8, 4) is 5.75 Å². The van der Waals surface area contributed by atoms with Gasteiger partial charge in [-0.15, -0.1) is 0 Å². The van der Waals surface area contributed by atoms with Gasteiger partial charge in [0, 0.05) is 17.7 Å². The summed E-state index contributed by atoms with van der Waals surface area (Å²) in [7, 11) is 0. The van der Waals surface area contributed by atoms with Crippen molar-refractivity contribution in [1.82, 2.24) is 0 Å². The predicted octanol–water partition coefficient (Wildman–Crippen LogP) is 2.21. The number of rotatable bonds is 3. The van der Waals surface area contributed by atoms with Crippen LogP contribution in [-0.2, 0) is 4.79 Å². The molecule has 8 heteroatoms. The third-order valence-corrected chi connectivity index (χ3v) is 3.20. The second kappa shape index (κ2) is 5.15. The number of aromatic hydroxyl groups is 1. The van der Waals surface area contributed by atoms with Gasteiger partial charge in [0.25, 0.3) is 5.69 Å². The van der Waals surface area contributed by atoms with Gasteiger partial charge in [-0.25, -0.2) is 0 Å². The molecule has 0 unspecified atom stereocenters. The number of carbonyl (C=O) groups excluding carboxylic acids is 1. The highest BCUT2D eigenvalue weighted by molar-refractivity contribution is 9.10. The molecule has 0 radical (unpaired) electrons. The van der Waals surface area contributed by atoms with Crippen molar-refractivity contribution in [2.75, 3.05) is 0 Å². The Bertz CT molecular complexity index is 530. The lowest BCUT2D eigenvalue weighted by atomic mass is 10.1. The first-order chi connectivity index (χ1) is 7.84. The fourth-order valence-electron chi connectivity index (χ4n) is 1.05. The molecular weight excluding hydrogens is 315 g/mol. The lowest BCUT2D eigenvalue weighted by Gasteiger charge is -2.04. The predicted molar refractivity (Wildman–Crippen MR) is 65.7 cm³/mol. The van der Waals surface area contributed by atoms with Crippen molar-refractivity contribution in [3.05, 3.63) is 37.3 Å². The maximum atomic E-state index is 10.7. The first-order valence-corrected chi connectivity index (χ1v) is 5.34. The minimum absolute atomic E-state index is 0.0162. The van der Waals surface area contributed by atoms with Gasteiger partial charge in [-0.05, 0) is 22.0 Å². The van der Waals surface area contributed by atoms with E-state index in [0.717, 1.165) is 18.2 Å². The number of hydrogen-bond donors (Lipinski definition) is 2. The number of phenolic OH excluding ortho intramolecular Hbond substituents is 1. The molecule has 1 amide bonds. The molecule has 1 aromatic rings. The molecule has 0 aliphatic carbocycles. The van der Waals surface area contributed by atoms with Gasteiger partial charge in [0.15, 0.2) is 0 Å². The summed E-state index contributed by atoms with van der Waals surface area (Å²) >= 11 is 8.58. The Labute approximate surface area is 109 Å². The minimum Gasteiger partial charge on any atom is -0.506 e. The van der Waals surface area contributed by atoms with Crippen LogP contribution in [-0.4, -0.2) is 15.9 Å². The number of benzene rings is 1. The number of nitrogens with zero attached hydrogens (tertiary/aromatic N) is 1. The van der Waals surface area contributed by atoms with Crippen LogP contribution in [0.5, 0.6) is 5.75 Å². The minimum atomic E-state index is -0.738. The van der Waals surface area contributed by atoms with Gasteiger partial charge in [0.2, 0.25) is 5.91 Å². The molecule has 0 spiro atoms. The summed E-state index contributed by atoms with van der Waals surface area (Å²) in [6.07, 6.45) is 2.13. The fourth-order valence-corrected chi connectivity index (χ4v) is 1.70. The molecule has 6 nitrogen and oxygen atoms in total. The topological polar surface area (TPSA) is 106 Å². The quantitative estimate of drug-likeness (QED) is 0.505. The Morgan fingerprint density at radius 2 is 2.24 bits per heavy atom. The van der Waals surface area contributed by atoms with Gasteiger partial charge in [-0.1, -0.05) is 11.6 Å². The zero-order chi connectivity index (χ0) is 13.2. The maximum Gasteiger partial charge on any atom is 0.289 e. The first kappa shape index (κ1) is 13.5. The van der Waals surface area contributed by atoms with Crippen molar-refractivity contribution >= 4 is 45.2 Å². The lowest BCUT2D eigenvalue weighted by molar-refractivity contribution is -0.384. The Hall–Kier alpha value is -1.60. The summed E-state index contributed by atoms with van der Waals surface area (Å²) in [4.78, 5) is 20.5. The van der Waals surface area contributed by atoms with E-state index in [1.807, 2.05) is 0 Å². The zero-order valence-corrected chi connectivity index (χ0v) is 10.5. The number of phenols is 1. The van der Waals surface area contributed by atoms with Crippen molar-refractivity contribution < 1.29 is 14.8 Å². The molecule has 0 atom stereocenters. The Morgan fingerprint density at radius 3 is 2.71 bits per heavy atom. The maximum absolute atomic E-state index is 10.7. The molecule has 1 aromatic carbocycles. The van der Waals surface area contributed by atoms with Crippen molar-refractivity contribution in [1.29, 1.82) is 0 Å². The van der Waals surface area contributed by atoms with Crippen LogP contribution >= 0.6 is 27.5 Å². The second-order valence-electron chi connectivity index (χ2n) is 2.95. The van der Waals surface area contributed by atoms with Crippen LogP contribution < -0.4 is 5.73 Å². The Kier molecular flexibility index (Phi) is 4.08. The molecule has 0 fully saturated rings. The SMILES string of the molecule is NC(=O)/C=C/c1cc([N+](=O)[O-])c(Cl)c(Br)c1O. The van der Waals surface area contributed by atoms with Gasteiger partial charge in [-0.2, -0.15) is 0 Å². The van der Waals surface area contributed by atoms with E-state index < -0.39 is 10.8 Å². The summed E-state index contributed by atoms with van der Waals surface area (Å²) in [6.45, 7) is 0. The van der Waals surface area contributed by atoms with Crippen LogP contribution in [0, 0.1) is 10.1 Å². The zero-order valence-electron chi connectivity index (χ0n) is 8.18. The molecule has 0 saturated heterocycles. The van der Waals surface area contributed by atoms with E-state index in [1.165, 1.54) is 0 Å². The summed E-state index contributed by atoms with van der Waals surface area (Å²) in [5.74, 6) is -1.05. The highest BCUT2D eigenvalue weighted by atomic mass is 79.9. The molecular formula is C9H6BrClN2O4. The number of nitro groups is 1. The van der Waals surface area contributed by atoms with Crippen LogP contribution in [0.4, 0.5) is 5.69 Å². The van der Waals surface area contributed by atoms with Gasteiger partial charge in [0.05, 0.1) is 9.40 Å². The van der Waals surface area contributed by atoms with E-state index >= 15 is 0 Å². The highest BCUT2D eigenvalue weighted by Crippen LogP contribution is 2.41. The molecule has 1 rings (SSSR count). The average molecular weight is 322 g/mol. The lowest BCUT2D eigenvalue weighted by Crippen LogP contribution is -2.05. The summed E-state index contributed by atoms with van der Waals surface area (Å²) in [6, 6.07) is 1.04. The normalized spacial score (nSPS) is 10.7. The third kappa shape index (κ3) is 2.95. The largest absolute Gasteiger partial charge is 0.506 e. The molecule has 90 valence electrons. The van der Waals surface area contributed by atoms with E-state index in [-0.39, 0.29) is 26.5 Å². The van der Waals surface area contributed by atoms with E-state index in [0.29, 0.717) is 0 Å². The number of amides is 1. The molecule has 0 bridgehead atoms. The van der Waals surface area contributed by atoms with Gasteiger partial charge < -0.3 is 10.8 Å². The summed E-state index contributed by atoms with van der Waals surface area (Å²) in [5, 5.41) is 20.1. The summed E-state index contributed by atoms with van der Waals surface area (Å²) < 4.78 is -0.0162. The molecule has 3 N–H and O–H groups in total. The van der Waals surface area contributed by atoms with Crippen LogP contribution in [0.25, 0.3) is 6.08 Å². The number of hydrogen-bond acceptors (Lipinski definition) is 4. The van der Waals surface area contributed by atoms with Crippen LogP contribution in [0.1, 0.15) is 5.56 Å². The van der Waals surface area contributed by atoms with E-state index in [9.17, 15) is 20.0 Å². The van der Waals surface area contributed by atoms with E-state index in [1.54, 1.807) is 0 Å². The highest BCUT2D eigenvalue weighted by Gasteiger charge is 2.20. The molecule has 0 aromatic heterocycles. The van der Waals surface area contributed by atoms with Crippen molar-refractivity contribution in [3.63, 3.8) is 0 Å². The molecule has 17 heavy (non-hydrogen) atoms. The molecule has 0 aliphatic heterocycles. The number of halogens is 2. The standard InChI is InChI=1S/C9H6BrClN2O4/c10-7-8(11)5(13(16)17)3-4(9(7)15)1-2-6(12)14/h1-3,15H,(H2,12,14)/b2-1+. The van der Waals surface area contributed by atoms with Crippen molar-refractivity contribution in [2.24, 2.45) is 5.73 Å². The van der Waals surface area contributed by atoms with Gasteiger partial charge in [0.1, 0.15) is 10.8 Å². The molecule has 0 saturated carbocycles. The number of primary amides is 1. The second-order valence-corrected chi connectivity index (χ2v) is 4.13. The smallest absolute Gasteiger partial charge is 0.289 e. The van der Waals surface area contributed by atoms with Crippen molar-refractivity contribution in [2.45, 2.75) is 0 Å². The molecule has 0 heterocycles. The number of nitrogens with two attached hydrogens (primary N) is 1. The van der Waals surface area contributed by atoms with Crippen LogP contribution in [0.15, 0.2) is 16.6 Å². The number of nitro benzene ring substituents is 1. The Morgan fingerprint density at radius 1 is 1.65 bits per heavy atom. The van der Waals surface area contributed by atoms with Crippen LogP contribution in [0.3, 0.4) is 0 Å². The fraction of sp³-hybridized carbons (Fsp3) is 0. The first-order valence-electron chi connectivity index (χ1n) is 4.17. The van der Waals surface area contributed by atoms with Gasteiger partial charge >= 0.3 is 0 Å². The third-order valence-electron chi connectivity index (χ3n) is 1.82. The van der Waals surface area contributed by atoms with Gasteiger partial charge in [-0.3, -0.25) is 14.9 Å². The van der Waals surface area contributed by atoms with E-state index in [2.05, 4.69) is 15.9 Å². The summed E-state index contributed by atoms with van der Waals surface area (Å²) in [5.41, 5.74) is 4.55. The monoisotopic (exact) mass is 320 g/mol. The Balaban J connectivity index is 3.42. The molecule has 0 aliphatic rings.